The number of aliphatic hydroxyl groups excluding tert-OH is 1. The number of aliphatic hydroxyl groups is 1. The third-order valence-corrected chi connectivity index (χ3v) is 4.87. The van der Waals surface area contributed by atoms with Crippen molar-refractivity contribution in [3.8, 4) is 0 Å². The predicted octanol–water partition coefficient (Wildman–Crippen LogP) is 2.77. The summed E-state index contributed by atoms with van der Waals surface area (Å²) in [5, 5.41) is 9.23. The Kier molecular flexibility index (Phi) is 5.30. The van der Waals surface area contributed by atoms with E-state index in [1.807, 2.05) is 31.3 Å². The highest BCUT2D eigenvalue weighted by Crippen LogP contribution is 2.28. The summed E-state index contributed by atoms with van der Waals surface area (Å²) in [7, 11) is 1.84. The van der Waals surface area contributed by atoms with Crippen LogP contribution in [-0.2, 0) is 4.79 Å². The quantitative estimate of drug-likeness (QED) is 0.835. The van der Waals surface area contributed by atoms with Gasteiger partial charge in [0.1, 0.15) is 0 Å². The van der Waals surface area contributed by atoms with Gasteiger partial charge in [-0.2, -0.15) is 0 Å². The first-order valence-corrected chi connectivity index (χ1v) is 8.13. The van der Waals surface area contributed by atoms with E-state index in [1.165, 1.54) is 0 Å². The van der Waals surface area contributed by atoms with Crippen LogP contribution in [0.4, 0.5) is 0 Å². The highest BCUT2D eigenvalue weighted by Gasteiger charge is 2.28. The molecule has 19 heavy (non-hydrogen) atoms. The SMILES string of the molecule is CN(CC1CC(O)C1)C(=O)CSc1ccc(Br)cc1. The lowest BCUT2D eigenvalue weighted by atomic mass is 9.82. The molecule has 0 atom stereocenters. The zero-order valence-corrected chi connectivity index (χ0v) is 13.3. The van der Waals surface area contributed by atoms with Crippen molar-refractivity contribution in [2.24, 2.45) is 5.92 Å². The second kappa shape index (κ2) is 6.77. The number of halogens is 1. The van der Waals surface area contributed by atoms with Crippen LogP contribution in [0.25, 0.3) is 0 Å². The van der Waals surface area contributed by atoms with E-state index in [2.05, 4.69) is 15.9 Å². The third kappa shape index (κ3) is 4.51. The number of rotatable bonds is 5. The molecule has 1 amide bonds. The van der Waals surface area contributed by atoms with E-state index in [0.717, 1.165) is 28.8 Å². The van der Waals surface area contributed by atoms with Gasteiger partial charge in [0.15, 0.2) is 0 Å². The van der Waals surface area contributed by atoms with E-state index in [9.17, 15) is 9.90 Å². The zero-order chi connectivity index (χ0) is 13.8. The Morgan fingerprint density at radius 1 is 1.42 bits per heavy atom. The minimum Gasteiger partial charge on any atom is -0.393 e. The number of benzene rings is 1. The smallest absolute Gasteiger partial charge is 0.232 e. The Morgan fingerprint density at radius 3 is 2.63 bits per heavy atom. The van der Waals surface area contributed by atoms with Crippen molar-refractivity contribution in [2.45, 2.75) is 23.8 Å². The van der Waals surface area contributed by atoms with E-state index in [-0.39, 0.29) is 12.0 Å². The molecule has 2 rings (SSSR count). The molecule has 0 aliphatic heterocycles. The van der Waals surface area contributed by atoms with Gasteiger partial charge >= 0.3 is 0 Å². The Morgan fingerprint density at radius 2 is 2.05 bits per heavy atom. The second-order valence-electron chi connectivity index (χ2n) is 5.01. The molecule has 0 aromatic heterocycles. The van der Waals surface area contributed by atoms with Crippen LogP contribution in [0.5, 0.6) is 0 Å². The standard InChI is InChI=1S/C14H18BrNO2S/c1-16(8-10-6-12(17)7-10)14(18)9-19-13-4-2-11(15)3-5-13/h2-5,10,12,17H,6-9H2,1H3. The molecule has 0 radical (unpaired) electrons. The zero-order valence-electron chi connectivity index (χ0n) is 10.9. The topological polar surface area (TPSA) is 40.5 Å². The molecule has 0 unspecified atom stereocenters. The lowest BCUT2D eigenvalue weighted by Gasteiger charge is -2.34. The molecule has 104 valence electrons. The van der Waals surface area contributed by atoms with Gasteiger partial charge < -0.3 is 10.0 Å². The molecule has 0 heterocycles. The van der Waals surface area contributed by atoms with Crippen molar-refractivity contribution in [3.63, 3.8) is 0 Å². The van der Waals surface area contributed by atoms with Crippen LogP contribution in [0.1, 0.15) is 12.8 Å². The van der Waals surface area contributed by atoms with Crippen LogP contribution in [-0.4, -0.2) is 41.4 Å². The Bertz CT molecular complexity index is 432. The Hall–Kier alpha value is -0.520. The lowest BCUT2D eigenvalue weighted by molar-refractivity contribution is -0.128. The summed E-state index contributed by atoms with van der Waals surface area (Å²) >= 11 is 4.95. The van der Waals surface area contributed by atoms with Crippen LogP contribution in [0, 0.1) is 5.92 Å². The maximum Gasteiger partial charge on any atom is 0.232 e. The molecule has 1 fully saturated rings. The monoisotopic (exact) mass is 343 g/mol. The van der Waals surface area contributed by atoms with E-state index in [4.69, 9.17) is 0 Å². The van der Waals surface area contributed by atoms with Gasteiger partial charge in [0, 0.05) is 23.0 Å². The van der Waals surface area contributed by atoms with Gasteiger partial charge in [-0.05, 0) is 43.0 Å². The van der Waals surface area contributed by atoms with E-state index in [0.29, 0.717) is 11.7 Å². The molecule has 0 saturated heterocycles. The Balaban J connectivity index is 1.72. The van der Waals surface area contributed by atoms with Crippen LogP contribution in [0.2, 0.25) is 0 Å². The van der Waals surface area contributed by atoms with Gasteiger partial charge in [0.2, 0.25) is 5.91 Å². The number of carbonyl (C=O) groups excluding carboxylic acids is 1. The average molecular weight is 344 g/mol. The van der Waals surface area contributed by atoms with E-state index in [1.54, 1.807) is 16.7 Å². The highest BCUT2D eigenvalue weighted by molar-refractivity contribution is 9.10. The fourth-order valence-corrected chi connectivity index (χ4v) is 3.23. The first kappa shape index (κ1) is 14.9. The van der Waals surface area contributed by atoms with E-state index < -0.39 is 0 Å². The first-order chi connectivity index (χ1) is 9.04. The number of amides is 1. The predicted molar refractivity (Wildman–Crippen MR) is 81.2 cm³/mol. The molecular formula is C14H18BrNO2S. The van der Waals surface area contributed by atoms with Gasteiger partial charge in [-0.25, -0.2) is 0 Å². The molecule has 1 aromatic rings. The summed E-state index contributed by atoms with van der Waals surface area (Å²) in [6.45, 7) is 0.761. The molecule has 0 spiro atoms. The van der Waals surface area contributed by atoms with E-state index >= 15 is 0 Å². The summed E-state index contributed by atoms with van der Waals surface area (Å²) in [5.74, 6) is 1.09. The molecule has 1 N–H and O–H groups in total. The lowest BCUT2D eigenvalue weighted by Crippen LogP contribution is -2.40. The number of hydrogen-bond donors (Lipinski definition) is 1. The van der Waals surface area contributed by atoms with Crippen molar-refractivity contribution in [3.05, 3.63) is 28.7 Å². The summed E-state index contributed by atoms with van der Waals surface area (Å²) < 4.78 is 1.05. The first-order valence-electron chi connectivity index (χ1n) is 6.35. The molecule has 3 nitrogen and oxygen atoms in total. The summed E-state index contributed by atoms with van der Waals surface area (Å²) in [6.07, 6.45) is 1.51. The molecule has 1 aliphatic carbocycles. The summed E-state index contributed by atoms with van der Waals surface area (Å²) in [5.41, 5.74) is 0. The summed E-state index contributed by atoms with van der Waals surface area (Å²) in [6, 6.07) is 7.97. The molecular weight excluding hydrogens is 326 g/mol. The van der Waals surface area contributed by atoms with Crippen molar-refractivity contribution < 1.29 is 9.90 Å². The summed E-state index contributed by atoms with van der Waals surface area (Å²) in [4.78, 5) is 14.9. The van der Waals surface area contributed by atoms with Gasteiger partial charge in [-0.3, -0.25) is 4.79 Å². The maximum atomic E-state index is 12.0. The average Bonchev–Trinajstić information content (AvgIpc) is 2.35. The minimum absolute atomic E-state index is 0.148. The van der Waals surface area contributed by atoms with Crippen LogP contribution in [0.3, 0.4) is 0 Å². The van der Waals surface area contributed by atoms with Crippen molar-refractivity contribution in [1.82, 2.24) is 4.90 Å². The number of thioether (sulfide) groups is 1. The van der Waals surface area contributed by atoms with Gasteiger partial charge in [0.25, 0.3) is 0 Å². The number of nitrogens with zero attached hydrogens (tertiary/aromatic N) is 1. The number of carbonyl (C=O) groups is 1. The molecule has 1 aromatic carbocycles. The van der Waals surface area contributed by atoms with Gasteiger partial charge in [-0.1, -0.05) is 15.9 Å². The van der Waals surface area contributed by atoms with Crippen molar-refractivity contribution in [1.29, 1.82) is 0 Å². The second-order valence-corrected chi connectivity index (χ2v) is 6.97. The molecule has 5 heteroatoms. The number of hydrogen-bond acceptors (Lipinski definition) is 3. The van der Waals surface area contributed by atoms with Gasteiger partial charge in [-0.15, -0.1) is 11.8 Å². The van der Waals surface area contributed by atoms with Crippen molar-refractivity contribution >= 4 is 33.6 Å². The molecule has 0 bridgehead atoms. The maximum absolute atomic E-state index is 12.0. The highest BCUT2D eigenvalue weighted by atomic mass is 79.9. The fraction of sp³-hybridized carbons (Fsp3) is 0.500. The normalized spacial score (nSPS) is 21.8. The van der Waals surface area contributed by atoms with Crippen LogP contribution in [0.15, 0.2) is 33.6 Å². The van der Waals surface area contributed by atoms with Crippen LogP contribution < -0.4 is 0 Å². The molecule has 1 saturated carbocycles. The Labute approximate surface area is 126 Å². The van der Waals surface area contributed by atoms with Crippen molar-refractivity contribution in [2.75, 3.05) is 19.3 Å². The molecule has 1 aliphatic rings. The van der Waals surface area contributed by atoms with Gasteiger partial charge in [0.05, 0.1) is 11.9 Å². The van der Waals surface area contributed by atoms with Crippen LogP contribution >= 0.6 is 27.7 Å². The third-order valence-electron chi connectivity index (χ3n) is 3.34. The fourth-order valence-electron chi connectivity index (χ4n) is 2.12. The minimum atomic E-state index is -0.148. The largest absolute Gasteiger partial charge is 0.393 e.